The molecular formula is C12H13FO4. The summed E-state index contributed by atoms with van der Waals surface area (Å²) in [6, 6.07) is 6.37. The van der Waals surface area contributed by atoms with E-state index in [1.54, 1.807) is 25.1 Å². The predicted molar refractivity (Wildman–Crippen MR) is 57.5 cm³/mol. The van der Waals surface area contributed by atoms with Gasteiger partial charge in [-0.1, -0.05) is 25.1 Å². The van der Waals surface area contributed by atoms with E-state index in [1.165, 1.54) is 6.07 Å². The van der Waals surface area contributed by atoms with Gasteiger partial charge in [-0.05, 0) is 6.07 Å². The minimum atomic E-state index is -2.37. The van der Waals surface area contributed by atoms with Crippen LogP contribution in [0, 0.1) is 5.92 Å². The van der Waals surface area contributed by atoms with E-state index in [4.69, 9.17) is 9.84 Å². The first kappa shape index (κ1) is 11.9. The summed E-state index contributed by atoms with van der Waals surface area (Å²) in [4.78, 5) is 10.8. The molecule has 92 valence electrons. The van der Waals surface area contributed by atoms with Crippen molar-refractivity contribution in [2.75, 3.05) is 6.61 Å². The fourth-order valence-electron chi connectivity index (χ4n) is 2.11. The highest BCUT2D eigenvalue weighted by Crippen LogP contribution is 2.43. The molecular weight excluding hydrogens is 227 g/mol. The first-order chi connectivity index (χ1) is 7.98. The molecule has 0 saturated carbocycles. The molecule has 0 spiro atoms. The Kier molecular flexibility index (Phi) is 2.79. The van der Waals surface area contributed by atoms with Gasteiger partial charge < -0.3 is 14.9 Å². The van der Waals surface area contributed by atoms with E-state index in [-0.39, 0.29) is 12.2 Å². The van der Waals surface area contributed by atoms with E-state index in [0.717, 1.165) is 0 Å². The van der Waals surface area contributed by atoms with Crippen LogP contribution in [0.2, 0.25) is 0 Å². The van der Waals surface area contributed by atoms with Gasteiger partial charge in [0.25, 0.3) is 0 Å². The van der Waals surface area contributed by atoms with Crippen molar-refractivity contribution in [3.63, 3.8) is 0 Å². The normalized spacial score (nSPS) is 29.0. The number of halogens is 1. The maximum Gasteiger partial charge on any atom is 0.341 e. The Morgan fingerprint density at radius 1 is 1.59 bits per heavy atom. The molecule has 1 aliphatic rings. The van der Waals surface area contributed by atoms with Crippen LogP contribution in [0.4, 0.5) is 4.39 Å². The summed E-state index contributed by atoms with van der Waals surface area (Å²) >= 11 is 0. The molecule has 2 rings (SSSR count). The van der Waals surface area contributed by atoms with Gasteiger partial charge >= 0.3 is 5.97 Å². The zero-order valence-corrected chi connectivity index (χ0v) is 9.26. The summed E-state index contributed by atoms with van der Waals surface area (Å²) in [5.74, 6) is -1.98. The summed E-state index contributed by atoms with van der Waals surface area (Å²) in [5.41, 5.74) is -1.85. The summed E-state index contributed by atoms with van der Waals surface area (Å²) < 4.78 is 19.2. The number of benzene rings is 1. The van der Waals surface area contributed by atoms with E-state index >= 15 is 0 Å². The standard InChI is InChI=1S/C12H13FO4/c1-7-6-17-9-5-3-2-4-8(9)12(7,16)10(13)11(14)15/h2-5,7,10,16H,6H2,1H3,(H,14,15). The second-order valence-electron chi connectivity index (χ2n) is 4.23. The smallest absolute Gasteiger partial charge is 0.341 e. The third-order valence-corrected chi connectivity index (χ3v) is 3.16. The van der Waals surface area contributed by atoms with Crippen molar-refractivity contribution >= 4 is 5.97 Å². The highest BCUT2D eigenvalue weighted by atomic mass is 19.1. The topological polar surface area (TPSA) is 66.8 Å². The van der Waals surface area contributed by atoms with E-state index in [9.17, 15) is 14.3 Å². The van der Waals surface area contributed by atoms with Crippen LogP contribution in [-0.2, 0) is 10.4 Å². The van der Waals surface area contributed by atoms with Crippen LogP contribution in [0.25, 0.3) is 0 Å². The zero-order valence-electron chi connectivity index (χ0n) is 9.26. The van der Waals surface area contributed by atoms with E-state index < -0.39 is 23.7 Å². The van der Waals surface area contributed by atoms with Gasteiger partial charge in [0.2, 0.25) is 6.17 Å². The Morgan fingerprint density at radius 2 is 2.24 bits per heavy atom. The van der Waals surface area contributed by atoms with Crippen LogP contribution in [-0.4, -0.2) is 29.0 Å². The first-order valence-corrected chi connectivity index (χ1v) is 5.29. The second-order valence-corrected chi connectivity index (χ2v) is 4.23. The van der Waals surface area contributed by atoms with E-state index in [1.807, 2.05) is 0 Å². The van der Waals surface area contributed by atoms with Crippen LogP contribution in [0.1, 0.15) is 12.5 Å². The number of alkyl halides is 1. The highest BCUT2D eigenvalue weighted by molar-refractivity contribution is 5.75. The molecule has 0 fully saturated rings. The molecule has 17 heavy (non-hydrogen) atoms. The molecule has 1 heterocycles. The average Bonchev–Trinajstić information content (AvgIpc) is 2.33. The third kappa shape index (κ3) is 1.67. The van der Waals surface area contributed by atoms with E-state index in [0.29, 0.717) is 5.75 Å². The van der Waals surface area contributed by atoms with Crippen molar-refractivity contribution in [2.24, 2.45) is 5.92 Å². The van der Waals surface area contributed by atoms with E-state index in [2.05, 4.69) is 0 Å². The van der Waals surface area contributed by atoms with Crippen molar-refractivity contribution in [2.45, 2.75) is 18.7 Å². The lowest BCUT2D eigenvalue weighted by atomic mass is 9.77. The number of ether oxygens (including phenoxy) is 1. The monoisotopic (exact) mass is 240 g/mol. The maximum atomic E-state index is 13.8. The van der Waals surface area contributed by atoms with Crippen LogP contribution in [0.3, 0.4) is 0 Å². The molecule has 0 aliphatic carbocycles. The summed E-state index contributed by atoms with van der Waals surface area (Å²) in [6.07, 6.45) is -2.37. The molecule has 2 N–H and O–H groups in total. The van der Waals surface area contributed by atoms with Crippen LogP contribution in [0.5, 0.6) is 5.75 Å². The number of aliphatic carboxylic acids is 1. The molecule has 0 radical (unpaired) electrons. The fourth-order valence-corrected chi connectivity index (χ4v) is 2.11. The number of carboxylic acids is 1. The predicted octanol–water partition coefficient (Wildman–Crippen LogP) is 1.33. The number of rotatable bonds is 2. The molecule has 5 heteroatoms. The lowest BCUT2D eigenvalue weighted by molar-refractivity contribution is -0.165. The summed E-state index contributed by atoms with van der Waals surface area (Å²) in [7, 11) is 0. The molecule has 4 nitrogen and oxygen atoms in total. The lowest BCUT2D eigenvalue weighted by Gasteiger charge is -2.40. The number of hydrogen-bond acceptors (Lipinski definition) is 3. The molecule has 1 aliphatic heterocycles. The van der Waals surface area contributed by atoms with Crippen molar-refractivity contribution in [1.29, 1.82) is 0 Å². The summed E-state index contributed by atoms with van der Waals surface area (Å²) in [6.45, 7) is 1.65. The Bertz CT molecular complexity index is 448. The molecule has 3 unspecified atom stereocenters. The van der Waals surface area contributed by atoms with Crippen molar-refractivity contribution in [1.82, 2.24) is 0 Å². The number of aliphatic hydroxyl groups is 1. The third-order valence-electron chi connectivity index (χ3n) is 3.16. The molecule has 3 atom stereocenters. The van der Waals surface area contributed by atoms with Gasteiger partial charge in [0.1, 0.15) is 11.4 Å². The Balaban J connectivity index is 2.55. The van der Waals surface area contributed by atoms with Gasteiger partial charge in [0.05, 0.1) is 6.61 Å². The van der Waals surface area contributed by atoms with Gasteiger partial charge in [-0.3, -0.25) is 0 Å². The Labute approximate surface area is 97.6 Å². The van der Waals surface area contributed by atoms with Crippen LogP contribution < -0.4 is 4.74 Å². The summed E-state index contributed by atoms with van der Waals surface area (Å²) in [5, 5.41) is 19.2. The van der Waals surface area contributed by atoms with Gasteiger partial charge in [-0.2, -0.15) is 0 Å². The number of para-hydroxylation sites is 1. The second kappa shape index (κ2) is 4.00. The number of carbonyl (C=O) groups is 1. The maximum absolute atomic E-state index is 13.8. The largest absolute Gasteiger partial charge is 0.493 e. The van der Waals surface area contributed by atoms with Crippen LogP contribution >= 0.6 is 0 Å². The molecule has 1 aromatic carbocycles. The number of hydrogen-bond donors (Lipinski definition) is 2. The molecule has 0 aromatic heterocycles. The first-order valence-electron chi connectivity index (χ1n) is 5.29. The average molecular weight is 240 g/mol. The molecule has 1 aromatic rings. The molecule has 0 saturated heterocycles. The fraction of sp³-hybridized carbons (Fsp3) is 0.417. The molecule has 0 amide bonds. The molecule has 0 bridgehead atoms. The number of carboxylic acid groups (broad SMARTS) is 1. The highest BCUT2D eigenvalue weighted by Gasteiger charge is 2.51. The van der Waals surface area contributed by atoms with Crippen molar-refractivity contribution in [3.8, 4) is 5.75 Å². The van der Waals surface area contributed by atoms with Crippen molar-refractivity contribution in [3.05, 3.63) is 29.8 Å². The Hall–Kier alpha value is -1.62. The van der Waals surface area contributed by atoms with Gasteiger partial charge in [-0.15, -0.1) is 0 Å². The Morgan fingerprint density at radius 3 is 2.88 bits per heavy atom. The van der Waals surface area contributed by atoms with Crippen molar-refractivity contribution < 1.29 is 24.1 Å². The van der Waals surface area contributed by atoms with Gasteiger partial charge in [0.15, 0.2) is 0 Å². The van der Waals surface area contributed by atoms with Gasteiger partial charge in [-0.25, -0.2) is 9.18 Å². The zero-order chi connectivity index (χ0) is 12.6. The van der Waals surface area contributed by atoms with Gasteiger partial charge in [0, 0.05) is 11.5 Å². The minimum Gasteiger partial charge on any atom is -0.493 e. The lowest BCUT2D eigenvalue weighted by Crippen LogP contribution is -2.50. The SMILES string of the molecule is CC1COc2ccccc2C1(O)C(F)C(=O)O. The minimum absolute atomic E-state index is 0.0845. The quantitative estimate of drug-likeness (QED) is 0.818. The number of fused-ring (bicyclic) bond motifs is 1. The van der Waals surface area contributed by atoms with Crippen LogP contribution in [0.15, 0.2) is 24.3 Å².